The van der Waals surface area contributed by atoms with Crippen LogP contribution in [0.4, 0.5) is 0 Å². The van der Waals surface area contributed by atoms with Gasteiger partial charge in [0.15, 0.2) is 0 Å². The highest BCUT2D eigenvalue weighted by Crippen LogP contribution is 2.30. The summed E-state index contributed by atoms with van der Waals surface area (Å²) in [5, 5.41) is 0. The fraction of sp³-hybridized carbons (Fsp3) is 0.480. The van der Waals surface area contributed by atoms with E-state index in [9.17, 15) is 13.2 Å². The average molecular weight is 470 g/mol. The number of piperidine rings is 1. The zero-order valence-electron chi connectivity index (χ0n) is 19.7. The Bertz CT molecular complexity index is 1200. The van der Waals surface area contributed by atoms with Crippen LogP contribution in [0.15, 0.2) is 35.4 Å². The van der Waals surface area contributed by atoms with Gasteiger partial charge >= 0.3 is 0 Å². The Morgan fingerprint density at radius 3 is 2.61 bits per heavy atom. The molecule has 2 aromatic rings. The number of sulfonamides is 1. The molecule has 33 heavy (non-hydrogen) atoms. The van der Waals surface area contributed by atoms with Crippen molar-refractivity contribution in [3.63, 3.8) is 0 Å². The fourth-order valence-electron chi connectivity index (χ4n) is 4.95. The monoisotopic (exact) mass is 469 g/mol. The lowest BCUT2D eigenvalue weighted by Crippen LogP contribution is -2.46. The number of hydrogen-bond donors (Lipinski definition) is 0. The minimum Gasteiger partial charge on any atom is -0.370 e. The molecule has 2 atom stereocenters. The molecule has 0 aliphatic carbocycles. The van der Waals surface area contributed by atoms with Crippen molar-refractivity contribution in [3.8, 4) is 12.1 Å². The van der Waals surface area contributed by atoms with Gasteiger partial charge in [-0.05, 0) is 63.8 Å². The number of fused-ring (bicyclic) bond motifs is 1. The molecule has 8 heteroatoms. The number of hydrogen-bond acceptors (Lipinski definition) is 4. The summed E-state index contributed by atoms with van der Waals surface area (Å²) in [5.41, 5.74) is 3.52. The molecule has 7 nitrogen and oxygen atoms in total. The normalized spacial score (nSPS) is 20.8. The second-order valence-corrected chi connectivity index (χ2v) is 10.8. The maximum atomic E-state index is 13.6. The molecule has 4 rings (SSSR count). The molecule has 0 radical (unpaired) electrons. The van der Waals surface area contributed by atoms with E-state index in [2.05, 4.69) is 12.1 Å². The van der Waals surface area contributed by atoms with Crippen molar-refractivity contribution in [1.82, 2.24) is 13.8 Å². The Balaban J connectivity index is 1.44. The fourth-order valence-corrected chi connectivity index (χ4v) is 7.05. The zero-order valence-corrected chi connectivity index (χ0v) is 20.5. The van der Waals surface area contributed by atoms with Gasteiger partial charge in [-0.2, -0.15) is 4.31 Å². The highest BCUT2D eigenvalue weighted by Gasteiger charge is 2.35. The zero-order chi connectivity index (χ0) is 23.8. The third-order valence-electron chi connectivity index (χ3n) is 6.44. The van der Waals surface area contributed by atoms with E-state index in [4.69, 9.17) is 4.74 Å². The Morgan fingerprint density at radius 2 is 1.88 bits per heavy atom. The van der Waals surface area contributed by atoms with Crippen LogP contribution in [0.2, 0.25) is 0 Å². The van der Waals surface area contributed by atoms with Crippen LogP contribution in [0.25, 0.3) is 0 Å². The molecule has 0 saturated carbocycles. The summed E-state index contributed by atoms with van der Waals surface area (Å²) in [6.45, 7) is 8.10. The van der Waals surface area contributed by atoms with E-state index in [1.807, 2.05) is 62.7 Å². The van der Waals surface area contributed by atoms with Gasteiger partial charge in [-0.1, -0.05) is 24.1 Å². The predicted molar refractivity (Wildman–Crippen MR) is 126 cm³/mol. The van der Waals surface area contributed by atoms with Crippen molar-refractivity contribution < 1.29 is 17.9 Å². The summed E-state index contributed by atoms with van der Waals surface area (Å²) >= 11 is 0. The molecule has 1 fully saturated rings. The quantitative estimate of drug-likeness (QED) is 0.609. The molecule has 2 aliphatic heterocycles. The lowest BCUT2D eigenvalue weighted by Gasteiger charge is -2.35. The lowest BCUT2D eigenvalue weighted by molar-refractivity contribution is -0.135. The van der Waals surface area contributed by atoms with E-state index >= 15 is 0 Å². The number of carbonyl (C=O) groups excluding carboxylic acids is 1. The Morgan fingerprint density at radius 1 is 1.15 bits per heavy atom. The van der Waals surface area contributed by atoms with E-state index in [-0.39, 0.29) is 31.2 Å². The van der Waals surface area contributed by atoms with Gasteiger partial charge in [0.2, 0.25) is 10.0 Å². The number of ether oxygens (including phenoxy) is 1. The maximum absolute atomic E-state index is 13.6. The standard InChI is InChI=1S/C25H31N3O4S/c1-18-14-19(2)25(20(3)15-18)33(30,31)28-11-6-5-8-22(28)16-32-17-24(29)27-13-12-26-10-7-9-23(26)21(27)4/h7,9-10,14-15,21-22H,5-6,8,11,16-17H2,1-4H3. The lowest BCUT2D eigenvalue weighted by atomic mass is 10.1. The number of nitrogens with zero attached hydrogens (tertiary/aromatic N) is 3. The predicted octanol–water partition coefficient (Wildman–Crippen LogP) is 3.34. The van der Waals surface area contributed by atoms with Crippen molar-refractivity contribution in [2.45, 2.75) is 63.9 Å². The van der Waals surface area contributed by atoms with Crippen LogP contribution < -0.4 is 0 Å². The van der Waals surface area contributed by atoms with E-state index < -0.39 is 10.0 Å². The highest BCUT2D eigenvalue weighted by atomic mass is 32.2. The second kappa shape index (κ2) is 9.34. The second-order valence-electron chi connectivity index (χ2n) is 8.97. The summed E-state index contributed by atoms with van der Waals surface area (Å²) in [7, 11) is -3.66. The van der Waals surface area contributed by atoms with Gasteiger partial charge in [0.05, 0.1) is 23.2 Å². The summed E-state index contributed by atoms with van der Waals surface area (Å²) in [4.78, 5) is 14.6. The Labute approximate surface area is 196 Å². The van der Waals surface area contributed by atoms with Crippen molar-refractivity contribution in [1.29, 1.82) is 0 Å². The molecular weight excluding hydrogens is 438 g/mol. The minimum atomic E-state index is -3.66. The smallest absolute Gasteiger partial charge is 0.260 e. The molecule has 1 aromatic heterocycles. The maximum Gasteiger partial charge on any atom is 0.260 e. The van der Waals surface area contributed by atoms with Crippen LogP contribution in [-0.2, 0) is 19.6 Å². The van der Waals surface area contributed by atoms with Crippen LogP contribution >= 0.6 is 0 Å². The number of carbonyl (C=O) groups is 1. The highest BCUT2D eigenvalue weighted by molar-refractivity contribution is 7.89. The largest absolute Gasteiger partial charge is 0.370 e. The van der Waals surface area contributed by atoms with E-state index in [1.54, 1.807) is 4.31 Å². The summed E-state index contributed by atoms with van der Waals surface area (Å²) in [5.74, 6) is -0.224. The van der Waals surface area contributed by atoms with E-state index in [1.165, 1.54) is 4.90 Å². The molecule has 1 amide bonds. The third kappa shape index (κ3) is 4.58. The van der Waals surface area contributed by atoms with E-state index in [0.29, 0.717) is 17.9 Å². The molecule has 0 spiro atoms. The van der Waals surface area contributed by atoms with Crippen molar-refractivity contribution in [2.24, 2.45) is 0 Å². The molecular formula is C25H31N3O4S. The molecule has 0 bridgehead atoms. The molecule has 1 aromatic carbocycles. The first kappa shape index (κ1) is 23.6. The summed E-state index contributed by atoms with van der Waals surface area (Å²) < 4.78 is 36.4. The first-order valence-corrected chi connectivity index (χ1v) is 12.8. The van der Waals surface area contributed by atoms with Crippen LogP contribution in [-0.4, -0.2) is 53.9 Å². The van der Waals surface area contributed by atoms with Gasteiger partial charge in [-0.3, -0.25) is 14.3 Å². The molecule has 2 aliphatic rings. The third-order valence-corrected chi connectivity index (χ3v) is 8.69. The van der Waals surface area contributed by atoms with Crippen molar-refractivity contribution >= 4 is 15.9 Å². The Hall–Kier alpha value is -2.60. The van der Waals surface area contributed by atoms with Gasteiger partial charge < -0.3 is 4.74 Å². The number of benzene rings is 1. The van der Waals surface area contributed by atoms with Gasteiger partial charge in [0, 0.05) is 30.9 Å². The first-order valence-electron chi connectivity index (χ1n) is 11.4. The van der Waals surface area contributed by atoms with Crippen LogP contribution in [0.5, 0.6) is 0 Å². The molecule has 176 valence electrons. The molecule has 1 saturated heterocycles. The van der Waals surface area contributed by atoms with Crippen LogP contribution in [0.1, 0.15) is 54.6 Å². The Kier molecular flexibility index (Phi) is 6.66. The number of aromatic nitrogens is 1. The summed E-state index contributed by atoms with van der Waals surface area (Å²) in [6.07, 6.45) is 4.34. The number of aryl methyl sites for hydroxylation is 3. The number of rotatable bonds is 6. The van der Waals surface area contributed by atoms with Gasteiger partial charge in [-0.15, -0.1) is 0 Å². The van der Waals surface area contributed by atoms with Crippen LogP contribution in [0, 0.1) is 32.9 Å². The summed E-state index contributed by atoms with van der Waals surface area (Å²) in [6, 6.07) is 13.0. The molecule has 0 N–H and O–H groups in total. The number of amides is 1. The van der Waals surface area contributed by atoms with Gasteiger partial charge in [0.25, 0.3) is 5.91 Å². The average Bonchev–Trinajstić information content (AvgIpc) is 3.23. The van der Waals surface area contributed by atoms with Crippen molar-refractivity contribution in [2.75, 3.05) is 19.8 Å². The SMILES string of the molecule is Cc1cc(C)c(S(=O)(=O)N2CCCCC2COCC(=O)N2C#Cn3cccc3C2C)c(C)c1. The van der Waals surface area contributed by atoms with Gasteiger partial charge in [-0.25, -0.2) is 8.42 Å². The van der Waals surface area contributed by atoms with Gasteiger partial charge in [0.1, 0.15) is 6.61 Å². The molecule has 3 heterocycles. The van der Waals surface area contributed by atoms with Crippen molar-refractivity contribution in [3.05, 3.63) is 52.8 Å². The minimum absolute atomic E-state index is 0.132. The first-order chi connectivity index (χ1) is 15.7. The van der Waals surface area contributed by atoms with E-state index in [0.717, 1.165) is 35.2 Å². The topological polar surface area (TPSA) is 71.8 Å². The molecule has 2 unspecified atom stereocenters. The van der Waals surface area contributed by atoms with Crippen LogP contribution in [0.3, 0.4) is 0 Å².